The van der Waals surface area contributed by atoms with Crippen molar-refractivity contribution in [2.24, 2.45) is 0 Å². The highest BCUT2D eigenvalue weighted by atomic mass is 32.2. The number of hydrogen-bond acceptors (Lipinski definition) is 3. The van der Waals surface area contributed by atoms with E-state index >= 15 is 0 Å². The third-order valence-corrected chi connectivity index (χ3v) is 4.76. The smallest absolute Gasteiger partial charge is 0.242 e. The Balaban J connectivity index is 2.96. The Morgan fingerprint density at radius 2 is 2.00 bits per heavy atom. The molecule has 0 aromatic carbocycles. The first-order chi connectivity index (χ1) is 7.87. The van der Waals surface area contributed by atoms with Gasteiger partial charge in [0.05, 0.1) is 11.5 Å². The summed E-state index contributed by atoms with van der Waals surface area (Å²) in [6, 6.07) is 1.44. The van der Waals surface area contributed by atoms with Crippen molar-refractivity contribution in [3.05, 3.63) is 18.0 Å². The summed E-state index contributed by atoms with van der Waals surface area (Å²) in [5.74, 6) is 0. The number of sulfonamides is 1. The van der Waals surface area contributed by atoms with Gasteiger partial charge in [-0.15, -0.1) is 0 Å². The van der Waals surface area contributed by atoms with E-state index in [0.717, 1.165) is 12.8 Å². The van der Waals surface area contributed by atoms with E-state index in [4.69, 9.17) is 5.11 Å². The van der Waals surface area contributed by atoms with Crippen molar-refractivity contribution in [2.75, 3.05) is 0 Å². The molecule has 98 valence electrons. The van der Waals surface area contributed by atoms with E-state index < -0.39 is 15.6 Å². The molecule has 0 saturated carbocycles. The molecule has 0 radical (unpaired) electrons. The second-order valence-electron chi connectivity index (χ2n) is 4.39. The van der Waals surface area contributed by atoms with Gasteiger partial charge in [0.1, 0.15) is 0 Å². The summed E-state index contributed by atoms with van der Waals surface area (Å²) in [5.41, 5.74) is 0.0511. The second kappa shape index (κ2) is 5.20. The molecule has 0 aliphatic carbocycles. The number of aliphatic hydroxyl groups excluding tert-OH is 1. The van der Waals surface area contributed by atoms with Gasteiger partial charge in [-0.1, -0.05) is 13.8 Å². The highest BCUT2D eigenvalue weighted by Crippen LogP contribution is 2.19. The third-order valence-electron chi connectivity index (χ3n) is 3.14. The first-order valence-corrected chi connectivity index (χ1v) is 7.17. The Bertz CT molecular complexity index is 461. The minimum Gasteiger partial charge on any atom is -0.390 e. The van der Waals surface area contributed by atoms with Crippen molar-refractivity contribution in [3.63, 3.8) is 0 Å². The van der Waals surface area contributed by atoms with Crippen LogP contribution in [-0.4, -0.2) is 24.0 Å². The number of aromatic nitrogens is 1. The van der Waals surface area contributed by atoms with Gasteiger partial charge >= 0.3 is 0 Å². The molecule has 1 aromatic rings. The van der Waals surface area contributed by atoms with Crippen LogP contribution in [0.2, 0.25) is 0 Å². The predicted octanol–water partition coefficient (Wildman–Crippen LogP) is 1.36. The maximum atomic E-state index is 12.1. The van der Waals surface area contributed by atoms with Crippen molar-refractivity contribution in [1.82, 2.24) is 9.71 Å². The Morgan fingerprint density at radius 3 is 2.41 bits per heavy atom. The number of aromatic amines is 1. The van der Waals surface area contributed by atoms with Crippen LogP contribution in [0.4, 0.5) is 0 Å². The lowest BCUT2D eigenvalue weighted by Crippen LogP contribution is -2.44. The average molecular weight is 260 g/mol. The summed E-state index contributed by atoms with van der Waals surface area (Å²) in [6.07, 6.45) is 2.83. The molecular formula is C11H20N2O3S. The monoisotopic (exact) mass is 260 g/mol. The zero-order valence-corrected chi connectivity index (χ0v) is 11.3. The molecule has 1 aromatic heterocycles. The Morgan fingerprint density at radius 1 is 1.41 bits per heavy atom. The van der Waals surface area contributed by atoms with E-state index in [0.29, 0.717) is 5.69 Å². The molecule has 0 spiro atoms. The van der Waals surface area contributed by atoms with E-state index in [-0.39, 0.29) is 11.5 Å². The Kier molecular flexibility index (Phi) is 4.35. The zero-order chi connectivity index (χ0) is 13.1. The fourth-order valence-corrected chi connectivity index (χ4v) is 3.01. The largest absolute Gasteiger partial charge is 0.390 e. The van der Waals surface area contributed by atoms with Crippen LogP contribution in [0.1, 0.15) is 39.3 Å². The maximum Gasteiger partial charge on any atom is 0.242 e. The van der Waals surface area contributed by atoms with Crippen LogP contribution in [0.5, 0.6) is 0 Å². The molecule has 0 aliphatic heterocycles. The minimum absolute atomic E-state index is 0.162. The molecule has 6 heteroatoms. The fraction of sp³-hybridized carbons (Fsp3) is 0.636. The summed E-state index contributed by atoms with van der Waals surface area (Å²) >= 11 is 0. The molecule has 17 heavy (non-hydrogen) atoms. The molecule has 0 aliphatic rings. The Hall–Kier alpha value is -0.850. The summed E-state index contributed by atoms with van der Waals surface area (Å²) in [4.78, 5) is 2.88. The van der Waals surface area contributed by atoms with Gasteiger partial charge in [-0.05, 0) is 25.8 Å². The predicted molar refractivity (Wildman–Crippen MR) is 66.0 cm³/mol. The van der Waals surface area contributed by atoms with Crippen molar-refractivity contribution in [2.45, 2.75) is 50.7 Å². The molecule has 0 fully saturated rings. The SMILES string of the molecule is CCC(C)(CC)NS(=O)(=O)c1c[nH]c(CO)c1. The standard InChI is InChI=1S/C11H20N2O3S/c1-4-11(3,5-2)13-17(15,16)10-6-9(8-14)12-7-10/h6-7,12-14H,4-5,8H2,1-3H3. The molecule has 1 rings (SSSR count). The Labute approximate surface area is 102 Å². The molecule has 3 N–H and O–H groups in total. The van der Waals surface area contributed by atoms with Crippen LogP contribution < -0.4 is 4.72 Å². The van der Waals surface area contributed by atoms with Crippen molar-refractivity contribution in [3.8, 4) is 0 Å². The number of aliphatic hydroxyl groups is 1. The van der Waals surface area contributed by atoms with Crippen molar-refractivity contribution < 1.29 is 13.5 Å². The van der Waals surface area contributed by atoms with Crippen molar-refractivity contribution in [1.29, 1.82) is 0 Å². The van der Waals surface area contributed by atoms with Gasteiger partial charge in [0, 0.05) is 17.4 Å². The average Bonchev–Trinajstić information content (AvgIpc) is 2.77. The highest BCUT2D eigenvalue weighted by molar-refractivity contribution is 7.89. The fourth-order valence-electron chi connectivity index (χ4n) is 1.44. The lowest BCUT2D eigenvalue weighted by Gasteiger charge is -2.27. The van der Waals surface area contributed by atoms with E-state index in [1.807, 2.05) is 20.8 Å². The number of rotatable bonds is 6. The highest BCUT2D eigenvalue weighted by Gasteiger charge is 2.27. The quantitative estimate of drug-likeness (QED) is 0.722. The van der Waals surface area contributed by atoms with Crippen molar-refractivity contribution >= 4 is 10.0 Å². The molecular weight excluding hydrogens is 240 g/mol. The lowest BCUT2D eigenvalue weighted by molar-refractivity contribution is 0.277. The second-order valence-corrected chi connectivity index (χ2v) is 6.07. The summed E-state index contributed by atoms with van der Waals surface area (Å²) < 4.78 is 26.9. The molecule has 0 bridgehead atoms. The van der Waals surface area contributed by atoms with Gasteiger partial charge in [0.15, 0.2) is 0 Å². The number of H-pyrrole nitrogens is 1. The van der Waals surface area contributed by atoms with E-state index in [1.54, 1.807) is 0 Å². The van der Waals surface area contributed by atoms with Gasteiger partial charge in [-0.3, -0.25) is 0 Å². The molecule has 0 unspecified atom stereocenters. The number of nitrogens with one attached hydrogen (secondary N) is 2. The van der Waals surface area contributed by atoms with Gasteiger partial charge in [-0.2, -0.15) is 0 Å². The third kappa shape index (κ3) is 3.31. The molecule has 0 saturated heterocycles. The minimum atomic E-state index is -3.52. The van der Waals surface area contributed by atoms with Crippen LogP contribution in [-0.2, 0) is 16.6 Å². The van der Waals surface area contributed by atoms with Crippen LogP contribution in [0.15, 0.2) is 17.2 Å². The van der Waals surface area contributed by atoms with E-state index in [2.05, 4.69) is 9.71 Å². The molecule has 5 nitrogen and oxygen atoms in total. The summed E-state index contributed by atoms with van der Waals surface area (Å²) in [6.45, 7) is 5.57. The van der Waals surface area contributed by atoms with Gasteiger partial charge in [0.2, 0.25) is 10.0 Å². The number of hydrogen-bond donors (Lipinski definition) is 3. The molecule has 0 atom stereocenters. The van der Waals surface area contributed by atoms with Crippen LogP contribution >= 0.6 is 0 Å². The first-order valence-electron chi connectivity index (χ1n) is 5.69. The maximum absolute atomic E-state index is 12.1. The molecule has 0 amide bonds. The van der Waals surface area contributed by atoms with Gasteiger partial charge < -0.3 is 10.1 Å². The molecule has 1 heterocycles. The topological polar surface area (TPSA) is 82.2 Å². The van der Waals surface area contributed by atoms with Crippen LogP contribution in [0, 0.1) is 0 Å². The summed E-state index contributed by atoms with van der Waals surface area (Å²) in [5, 5.41) is 8.90. The summed E-state index contributed by atoms with van der Waals surface area (Å²) in [7, 11) is -3.52. The normalized spacial score (nSPS) is 12.9. The van der Waals surface area contributed by atoms with E-state index in [9.17, 15) is 8.42 Å². The van der Waals surface area contributed by atoms with Crippen LogP contribution in [0.3, 0.4) is 0 Å². The van der Waals surface area contributed by atoms with Gasteiger partial charge in [0.25, 0.3) is 0 Å². The van der Waals surface area contributed by atoms with Gasteiger partial charge in [-0.25, -0.2) is 13.1 Å². The first kappa shape index (κ1) is 14.2. The zero-order valence-electron chi connectivity index (χ0n) is 10.4. The van der Waals surface area contributed by atoms with Crippen LogP contribution in [0.25, 0.3) is 0 Å². The lowest BCUT2D eigenvalue weighted by atomic mass is 9.98. The van der Waals surface area contributed by atoms with E-state index in [1.165, 1.54) is 12.3 Å².